The Balaban J connectivity index is 3.25. The van der Waals surface area contributed by atoms with Crippen LogP contribution in [0.15, 0.2) is 0 Å². The molecule has 0 saturated carbocycles. The van der Waals surface area contributed by atoms with Gasteiger partial charge in [0.25, 0.3) is 0 Å². The SMILES string of the molecule is CCCCC(C)[CH]CCC(C)CCC. The molecular weight excluding hydrogens is 168 g/mol. The topological polar surface area (TPSA) is 0 Å². The molecule has 85 valence electrons. The Kier molecular flexibility index (Phi) is 9.55. The van der Waals surface area contributed by atoms with Crippen LogP contribution in [0.5, 0.6) is 0 Å². The lowest BCUT2D eigenvalue weighted by molar-refractivity contribution is 0.460. The smallest absolute Gasteiger partial charge is 0.0357 e. The van der Waals surface area contributed by atoms with E-state index in [9.17, 15) is 0 Å². The largest absolute Gasteiger partial charge is 0.0654 e. The molecule has 0 aliphatic heterocycles. The lowest BCUT2D eigenvalue weighted by Crippen LogP contribution is -1.99. The number of rotatable bonds is 9. The summed E-state index contributed by atoms with van der Waals surface area (Å²) >= 11 is 0. The first-order chi connectivity index (χ1) is 6.70. The second-order valence-corrected chi connectivity index (χ2v) is 4.83. The van der Waals surface area contributed by atoms with Gasteiger partial charge in [-0.05, 0) is 24.7 Å². The molecule has 0 bridgehead atoms. The van der Waals surface area contributed by atoms with Gasteiger partial charge in [-0.3, -0.25) is 0 Å². The van der Waals surface area contributed by atoms with Crippen LogP contribution in [0.4, 0.5) is 0 Å². The van der Waals surface area contributed by atoms with Crippen LogP contribution in [0, 0.1) is 18.3 Å². The predicted molar refractivity (Wildman–Crippen MR) is 66.3 cm³/mol. The Morgan fingerprint density at radius 1 is 0.929 bits per heavy atom. The zero-order chi connectivity index (χ0) is 10.8. The van der Waals surface area contributed by atoms with Crippen molar-refractivity contribution in [2.24, 2.45) is 11.8 Å². The molecule has 0 aliphatic carbocycles. The van der Waals surface area contributed by atoms with E-state index in [2.05, 4.69) is 34.1 Å². The van der Waals surface area contributed by atoms with E-state index in [1.165, 1.54) is 44.9 Å². The summed E-state index contributed by atoms with van der Waals surface area (Å²) in [4.78, 5) is 0. The lowest BCUT2D eigenvalue weighted by atomic mass is 9.93. The summed E-state index contributed by atoms with van der Waals surface area (Å²) in [5, 5.41) is 0. The summed E-state index contributed by atoms with van der Waals surface area (Å²) in [6.07, 6.45) is 12.1. The van der Waals surface area contributed by atoms with Gasteiger partial charge in [-0.25, -0.2) is 0 Å². The molecule has 0 aromatic rings. The van der Waals surface area contributed by atoms with Gasteiger partial charge in [-0.2, -0.15) is 0 Å². The molecule has 2 unspecified atom stereocenters. The van der Waals surface area contributed by atoms with E-state index in [-0.39, 0.29) is 0 Å². The standard InChI is InChI=1S/C14H29/c1-5-7-10-14(4)12-8-11-13(3)9-6-2/h12-14H,5-11H2,1-4H3. The van der Waals surface area contributed by atoms with Gasteiger partial charge in [-0.1, -0.05) is 66.2 Å². The highest BCUT2D eigenvalue weighted by Crippen LogP contribution is 2.18. The van der Waals surface area contributed by atoms with E-state index in [1.54, 1.807) is 0 Å². The van der Waals surface area contributed by atoms with Gasteiger partial charge in [0, 0.05) is 0 Å². The highest BCUT2D eigenvalue weighted by atomic mass is 14.1. The minimum atomic E-state index is 0.837. The minimum absolute atomic E-state index is 0.837. The maximum absolute atomic E-state index is 2.53. The quantitative estimate of drug-likeness (QED) is 0.474. The van der Waals surface area contributed by atoms with Crippen LogP contribution in [0.1, 0.15) is 72.6 Å². The van der Waals surface area contributed by atoms with Crippen LogP contribution in [-0.2, 0) is 0 Å². The van der Waals surface area contributed by atoms with E-state index in [0.717, 1.165) is 11.8 Å². The van der Waals surface area contributed by atoms with Gasteiger partial charge in [-0.15, -0.1) is 0 Å². The number of hydrogen-bond donors (Lipinski definition) is 0. The molecule has 1 radical (unpaired) electrons. The van der Waals surface area contributed by atoms with Gasteiger partial charge in [0.2, 0.25) is 0 Å². The van der Waals surface area contributed by atoms with Crippen molar-refractivity contribution >= 4 is 0 Å². The molecule has 0 aromatic carbocycles. The summed E-state index contributed by atoms with van der Waals surface area (Å²) in [5.41, 5.74) is 0. The Morgan fingerprint density at radius 2 is 1.64 bits per heavy atom. The second kappa shape index (κ2) is 9.55. The van der Waals surface area contributed by atoms with E-state index >= 15 is 0 Å². The van der Waals surface area contributed by atoms with Crippen molar-refractivity contribution in [3.63, 3.8) is 0 Å². The summed E-state index contributed by atoms with van der Waals surface area (Å²) in [6, 6.07) is 0. The fourth-order valence-corrected chi connectivity index (χ4v) is 1.95. The van der Waals surface area contributed by atoms with E-state index in [0.29, 0.717) is 0 Å². The molecule has 0 saturated heterocycles. The van der Waals surface area contributed by atoms with Crippen LogP contribution in [0.2, 0.25) is 0 Å². The van der Waals surface area contributed by atoms with Gasteiger partial charge in [0.1, 0.15) is 0 Å². The average molecular weight is 197 g/mol. The monoisotopic (exact) mass is 197 g/mol. The zero-order valence-electron chi connectivity index (χ0n) is 10.7. The summed E-state index contributed by atoms with van der Waals surface area (Å²) < 4.78 is 0. The van der Waals surface area contributed by atoms with Crippen molar-refractivity contribution < 1.29 is 0 Å². The molecule has 0 nitrogen and oxygen atoms in total. The molecule has 0 N–H and O–H groups in total. The molecule has 14 heavy (non-hydrogen) atoms. The van der Waals surface area contributed by atoms with Crippen LogP contribution in [0.3, 0.4) is 0 Å². The first-order valence-electron chi connectivity index (χ1n) is 6.54. The van der Waals surface area contributed by atoms with Gasteiger partial charge in [0.05, 0.1) is 0 Å². The maximum atomic E-state index is 2.53. The lowest BCUT2D eigenvalue weighted by Gasteiger charge is -2.13. The molecule has 0 aromatic heterocycles. The van der Waals surface area contributed by atoms with E-state index in [4.69, 9.17) is 0 Å². The highest BCUT2D eigenvalue weighted by molar-refractivity contribution is 4.73. The number of hydrogen-bond acceptors (Lipinski definition) is 0. The van der Waals surface area contributed by atoms with Crippen molar-refractivity contribution in [2.45, 2.75) is 72.6 Å². The van der Waals surface area contributed by atoms with Crippen molar-refractivity contribution in [3.8, 4) is 0 Å². The van der Waals surface area contributed by atoms with Crippen LogP contribution >= 0.6 is 0 Å². The average Bonchev–Trinajstić information content (AvgIpc) is 2.15. The summed E-state index contributed by atoms with van der Waals surface area (Å²) in [7, 11) is 0. The molecule has 0 amide bonds. The van der Waals surface area contributed by atoms with Crippen LogP contribution in [0.25, 0.3) is 0 Å². The first-order valence-corrected chi connectivity index (χ1v) is 6.54. The molecule has 2 atom stereocenters. The Hall–Kier alpha value is 0. The minimum Gasteiger partial charge on any atom is -0.0654 e. The maximum Gasteiger partial charge on any atom is -0.0357 e. The Bertz CT molecular complexity index is 107. The van der Waals surface area contributed by atoms with Crippen molar-refractivity contribution in [2.75, 3.05) is 0 Å². The molecular formula is C14H29. The summed E-state index contributed by atoms with van der Waals surface area (Å²) in [5.74, 6) is 1.76. The molecule has 0 heteroatoms. The summed E-state index contributed by atoms with van der Waals surface area (Å²) in [6.45, 7) is 9.30. The number of unbranched alkanes of at least 4 members (excludes halogenated alkanes) is 1. The third kappa shape index (κ3) is 8.59. The highest BCUT2D eigenvalue weighted by Gasteiger charge is 2.04. The molecule has 0 spiro atoms. The first kappa shape index (κ1) is 14.0. The molecule has 0 heterocycles. The van der Waals surface area contributed by atoms with Gasteiger partial charge >= 0.3 is 0 Å². The molecule has 0 aliphatic rings. The van der Waals surface area contributed by atoms with Crippen LogP contribution < -0.4 is 0 Å². The van der Waals surface area contributed by atoms with Gasteiger partial charge in [0.15, 0.2) is 0 Å². The normalized spacial score (nSPS) is 15.4. The van der Waals surface area contributed by atoms with Crippen molar-refractivity contribution in [3.05, 3.63) is 6.42 Å². The second-order valence-electron chi connectivity index (χ2n) is 4.83. The Labute approximate surface area is 91.5 Å². The molecule has 0 rings (SSSR count). The fourth-order valence-electron chi connectivity index (χ4n) is 1.95. The Morgan fingerprint density at radius 3 is 2.21 bits per heavy atom. The van der Waals surface area contributed by atoms with Crippen LogP contribution in [-0.4, -0.2) is 0 Å². The predicted octanol–water partition coefficient (Wildman–Crippen LogP) is 5.23. The van der Waals surface area contributed by atoms with Crippen molar-refractivity contribution in [1.82, 2.24) is 0 Å². The van der Waals surface area contributed by atoms with E-state index in [1.807, 2.05) is 0 Å². The third-order valence-corrected chi connectivity index (χ3v) is 3.02. The van der Waals surface area contributed by atoms with E-state index < -0.39 is 0 Å². The third-order valence-electron chi connectivity index (χ3n) is 3.02. The van der Waals surface area contributed by atoms with Gasteiger partial charge < -0.3 is 0 Å². The zero-order valence-corrected chi connectivity index (χ0v) is 10.7. The fraction of sp³-hybridized carbons (Fsp3) is 0.929. The molecule has 0 fully saturated rings. The van der Waals surface area contributed by atoms with Crippen molar-refractivity contribution in [1.29, 1.82) is 0 Å².